The summed E-state index contributed by atoms with van der Waals surface area (Å²) in [6.45, 7) is 3.47. The predicted octanol–water partition coefficient (Wildman–Crippen LogP) is 4.30. The molecule has 0 saturated carbocycles. The summed E-state index contributed by atoms with van der Waals surface area (Å²) < 4.78 is 26.7. The highest BCUT2D eigenvalue weighted by molar-refractivity contribution is 6.18. The minimum Gasteiger partial charge on any atom is -0.506 e. The summed E-state index contributed by atoms with van der Waals surface area (Å²) in [5.41, 5.74) is 0.607. The molecule has 8 heteroatoms. The van der Waals surface area contributed by atoms with Crippen molar-refractivity contribution in [3.8, 4) is 34.1 Å². The molecule has 166 valence electrons. The highest BCUT2D eigenvalue weighted by atomic mass is 16.7. The van der Waals surface area contributed by atoms with Gasteiger partial charge in [-0.15, -0.1) is 0 Å². The van der Waals surface area contributed by atoms with Crippen molar-refractivity contribution in [2.24, 2.45) is 0 Å². The molecule has 0 fully saturated rings. The molecule has 0 atom stereocenters. The molecule has 0 saturated heterocycles. The molecule has 0 spiro atoms. The molecule has 1 aliphatic heterocycles. The maximum atomic E-state index is 13.1. The molecule has 3 aromatic carbocycles. The summed E-state index contributed by atoms with van der Waals surface area (Å²) in [6.07, 6.45) is 0. The lowest BCUT2D eigenvalue weighted by Crippen LogP contribution is -2.16. The lowest BCUT2D eigenvalue weighted by Gasteiger charge is -2.19. The van der Waals surface area contributed by atoms with E-state index < -0.39 is 17.7 Å². The Morgan fingerprint density at radius 1 is 0.938 bits per heavy atom. The van der Waals surface area contributed by atoms with Gasteiger partial charge in [-0.25, -0.2) is 9.59 Å². The monoisotopic (exact) mass is 438 g/mol. The average molecular weight is 438 g/mol. The average Bonchev–Trinajstić information content (AvgIpc) is 3.25. The minimum absolute atomic E-state index is 0.0242. The number of phenols is 1. The van der Waals surface area contributed by atoms with Crippen LogP contribution in [0.25, 0.3) is 21.9 Å². The number of aromatic hydroxyl groups is 1. The number of rotatable bonds is 6. The summed E-state index contributed by atoms with van der Waals surface area (Å²) in [5, 5.41) is 11.9. The third kappa shape index (κ3) is 3.53. The first kappa shape index (κ1) is 21.3. The number of carbonyl (C=O) groups is 2. The molecular weight excluding hydrogens is 416 g/mol. The lowest BCUT2D eigenvalue weighted by molar-refractivity contribution is 0.0477. The summed E-state index contributed by atoms with van der Waals surface area (Å²) in [6, 6.07) is 10.3. The molecule has 1 N–H and O–H groups in total. The Labute approximate surface area is 184 Å². The van der Waals surface area contributed by atoms with Gasteiger partial charge in [-0.05, 0) is 49.1 Å². The number of carbonyl (C=O) groups excluding carboxylic acids is 2. The van der Waals surface area contributed by atoms with Gasteiger partial charge in [-0.2, -0.15) is 0 Å². The molecule has 0 bridgehead atoms. The summed E-state index contributed by atoms with van der Waals surface area (Å²) >= 11 is 0. The van der Waals surface area contributed by atoms with E-state index in [0.717, 1.165) is 0 Å². The fraction of sp³-hybridized carbons (Fsp3) is 0.250. The van der Waals surface area contributed by atoms with Crippen molar-refractivity contribution in [2.45, 2.75) is 13.8 Å². The van der Waals surface area contributed by atoms with Crippen LogP contribution >= 0.6 is 0 Å². The molecule has 0 amide bonds. The zero-order valence-corrected chi connectivity index (χ0v) is 17.9. The molecular formula is C24H22O8. The van der Waals surface area contributed by atoms with E-state index in [4.69, 9.17) is 23.7 Å². The Kier molecular flexibility index (Phi) is 5.77. The van der Waals surface area contributed by atoms with Crippen LogP contribution in [0.15, 0.2) is 36.4 Å². The van der Waals surface area contributed by atoms with Crippen LogP contribution in [-0.4, -0.2) is 44.2 Å². The fourth-order valence-corrected chi connectivity index (χ4v) is 3.75. The maximum absolute atomic E-state index is 13.1. The molecule has 0 aromatic heterocycles. The predicted molar refractivity (Wildman–Crippen MR) is 116 cm³/mol. The van der Waals surface area contributed by atoms with Crippen molar-refractivity contribution >= 4 is 22.7 Å². The van der Waals surface area contributed by atoms with Crippen molar-refractivity contribution < 1.29 is 38.4 Å². The van der Waals surface area contributed by atoms with E-state index in [9.17, 15) is 14.7 Å². The SMILES string of the molecule is CCOC(=O)c1c(C(=O)OCC)c(-c2cccc(OC)c2)c2cc3c(cc2c1O)OCO3. The van der Waals surface area contributed by atoms with E-state index in [1.54, 1.807) is 50.2 Å². The van der Waals surface area contributed by atoms with Crippen LogP contribution in [0.1, 0.15) is 34.6 Å². The Balaban J connectivity index is 2.17. The van der Waals surface area contributed by atoms with E-state index in [1.807, 2.05) is 0 Å². The van der Waals surface area contributed by atoms with Crippen LogP contribution in [0, 0.1) is 0 Å². The van der Waals surface area contributed by atoms with Crippen LogP contribution in [-0.2, 0) is 9.47 Å². The fourth-order valence-electron chi connectivity index (χ4n) is 3.75. The van der Waals surface area contributed by atoms with Crippen molar-refractivity contribution in [1.82, 2.24) is 0 Å². The molecule has 8 nitrogen and oxygen atoms in total. The van der Waals surface area contributed by atoms with Crippen LogP contribution in [0.4, 0.5) is 0 Å². The molecule has 1 heterocycles. The highest BCUT2D eigenvalue weighted by Gasteiger charge is 2.32. The Morgan fingerprint density at radius 2 is 1.56 bits per heavy atom. The lowest BCUT2D eigenvalue weighted by atomic mass is 9.88. The molecule has 0 unspecified atom stereocenters. The standard InChI is InChI=1S/C24H22O8/c1-4-29-23(26)20-19(13-7-6-8-14(9-13)28-3)15-10-17-18(32-12-31-17)11-16(15)22(25)21(20)24(27)30-5-2/h6-11,25H,4-5,12H2,1-3H3. The number of benzene rings is 3. The van der Waals surface area contributed by atoms with Gasteiger partial charge >= 0.3 is 11.9 Å². The van der Waals surface area contributed by atoms with E-state index in [1.165, 1.54) is 7.11 Å². The second-order valence-corrected chi connectivity index (χ2v) is 6.90. The van der Waals surface area contributed by atoms with Gasteiger partial charge in [0.05, 0.1) is 25.9 Å². The third-order valence-electron chi connectivity index (χ3n) is 5.09. The first-order valence-electron chi connectivity index (χ1n) is 10.1. The van der Waals surface area contributed by atoms with Crippen molar-refractivity contribution in [3.63, 3.8) is 0 Å². The van der Waals surface area contributed by atoms with E-state index in [2.05, 4.69) is 0 Å². The second kappa shape index (κ2) is 8.66. The number of methoxy groups -OCH3 is 1. The van der Waals surface area contributed by atoms with Gasteiger partial charge in [0.2, 0.25) is 6.79 Å². The number of hydrogen-bond acceptors (Lipinski definition) is 8. The minimum atomic E-state index is -0.836. The number of hydrogen-bond donors (Lipinski definition) is 1. The van der Waals surface area contributed by atoms with Gasteiger partial charge in [0, 0.05) is 10.9 Å². The third-order valence-corrected chi connectivity index (χ3v) is 5.09. The number of phenolic OH excluding ortho intramolecular Hbond substituents is 1. The maximum Gasteiger partial charge on any atom is 0.342 e. The zero-order chi connectivity index (χ0) is 22.8. The number of esters is 2. The smallest absolute Gasteiger partial charge is 0.342 e. The van der Waals surface area contributed by atoms with Crippen LogP contribution in [0.2, 0.25) is 0 Å². The van der Waals surface area contributed by atoms with E-state index in [-0.39, 0.29) is 31.1 Å². The van der Waals surface area contributed by atoms with E-state index >= 15 is 0 Å². The van der Waals surface area contributed by atoms with Crippen molar-refractivity contribution in [3.05, 3.63) is 47.5 Å². The van der Waals surface area contributed by atoms with Crippen LogP contribution in [0.3, 0.4) is 0 Å². The van der Waals surface area contributed by atoms with Gasteiger partial charge in [0.15, 0.2) is 11.5 Å². The molecule has 1 aliphatic rings. The first-order chi connectivity index (χ1) is 15.5. The molecule has 3 aromatic rings. The molecule has 0 radical (unpaired) electrons. The van der Waals surface area contributed by atoms with Gasteiger partial charge in [0.1, 0.15) is 17.1 Å². The zero-order valence-electron chi connectivity index (χ0n) is 17.9. The van der Waals surface area contributed by atoms with Gasteiger partial charge in [-0.3, -0.25) is 0 Å². The Bertz CT molecular complexity index is 1210. The van der Waals surface area contributed by atoms with Gasteiger partial charge < -0.3 is 28.8 Å². The van der Waals surface area contributed by atoms with Crippen molar-refractivity contribution in [1.29, 1.82) is 0 Å². The number of fused-ring (bicyclic) bond motifs is 2. The Hall–Kier alpha value is -3.94. The highest BCUT2D eigenvalue weighted by Crippen LogP contribution is 2.47. The van der Waals surface area contributed by atoms with E-state index in [0.29, 0.717) is 39.1 Å². The van der Waals surface area contributed by atoms with Crippen LogP contribution in [0.5, 0.6) is 23.0 Å². The summed E-state index contributed by atoms with van der Waals surface area (Å²) in [7, 11) is 1.53. The Morgan fingerprint density at radius 3 is 2.19 bits per heavy atom. The normalized spacial score (nSPS) is 12.0. The number of ether oxygens (including phenoxy) is 5. The van der Waals surface area contributed by atoms with Gasteiger partial charge in [0.25, 0.3) is 0 Å². The van der Waals surface area contributed by atoms with Crippen molar-refractivity contribution in [2.75, 3.05) is 27.1 Å². The van der Waals surface area contributed by atoms with Gasteiger partial charge in [-0.1, -0.05) is 12.1 Å². The first-order valence-corrected chi connectivity index (χ1v) is 10.1. The summed E-state index contributed by atoms with van der Waals surface area (Å²) in [5.74, 6) is -0.564. The second-order valence-electron chi connectivity index (χ2n) is 6.90. The molecule has 0 aliphatic carbocycles. The largest absolute Gasteiger partial charge is 0.506 e. The topological polar surface area (TPSA) is 101 Å². The molecule has 4 rings (SSSR count). The van der Waals surface area contributed by atoms with Crippen LogP contribution < -0.4 is 14.2 Å². The molecule has 32 heavy (non-hydrogen) atoms. The quantitative estimate of drug-likeness (QED) is 0.569. The summed E-state index contributed by atoms with van der Waals surface area (Å²) in [4.78, 5) is 26.0.